The van der Waals surface area contributed by atoms with Gasteiger partial charge in [-0.3, -0.25) is 9.59 Å². The van der Waals surface area contributed by atoms with Gasteiger partial charge < -0.3 is 14.8 Å². The van der Waals surface area contributed by atoms with Gasteiger partial charge in [-0.05, 0) is 55.3 Å². The summed E-state index contributed by atoms with van der Waals surface area (Å²) in [5.74, 6) is -0.0492. The smallest absolute Gasteiger partial charge is 0.262 e. The molecule has 0 saturated heterocycles. The van der Waals surface area contributed by atoms with Crippen molar-refractivity contribution in [3.05, 3.63) is 129 Å². The molecule has 2 atom stereocenters. The number of halogens is 2. The Kier molecular flexibility index (Phi) is 11.0. The van der Waals surface area contributed by atoms with E-state index < -0.39 is 24.0 Å². The Morgan fingerprint density at radius 3 is 2.31 bits per heavy atom. The quantitative estimate of drug-likeness (QED) is 0.142. The number of aryl methyl sites for hydroxylation is 1. The third-order valence-electron chi connectivity index (χ3n) is 6.29. The molecule has 0 aliphatic rings. The van der Waals surface area contributed by atoms with Crippen LogP contribution in [0.3, 0.4) is 0 Å². The highest BCUT2D eigenvalue weighted by Gasteiger charge is 2.25. The van der Waals surface area contributed by atoms with E-state index in [1.54, 1.807) is 19.1 Å². The lowest BCUT2D eigenvalue weighted by atomic mass is 10.1. The number of amides is 2. The van der Waals surface area contributed by atoms with Crippen LogP contribution in [0.2, 0.25) is 10.0 Å². The molecule has 4 rings (SSSR count). The van der Waals surface area contributed by atoms with Crippen molar-refractivity contribution >= 4 is 41.2 Å². The fourth-order valence-electron chi connectivity index (χ4n) is 3.97. The molecule has 4 aromatic carbocycles. The number of nitrogens with zero attached hydrogens (tertiary/aromatic N) is 1. The maximum atomic E-state index is 13.2. The van der Waals surface area contributed by atoms with Crippen LogP contribution in [0.1, 0.15) is 29.2 Å². The lowest BCUT2D eigenvalue weighted by molar-refractivity contribution is -0.132. The summed E-state index contributed by atoms with van der Waals surface area (Å²) in [7, 11) is 0. The van der Waals surface area contributed by atoms with Gasteiger partial charge in [0, 0.05) is 17.0 Å². The second-order valence-corrected chi connectivity index (χ2v) is 10.5. The standard InChI is InChI=1S/C33H31Cl2N3O4/c1-22-12-14-25(15-13-22)21-41-30-11-7-6-10-26(30)20-36-38-33(40)29(18-24-8-4-3-5-9-24)37-32(39)23(2)42-31-17-16-27(34)19-28(31)35/h3-17,19-20,23,29H,18,21H2,1-2H3,(H,37,39)(H,38,40)/b36-20-/t23-,29+/m1/s1. The fraction of sp³-hybridized carbons (Fsp3) is 0.182. The minimum absolute atomic E-state index is 0.249. The van der Waals surface area contributed by atoms with Gasteiger partial charge in [0.1, 0.15) is 24.1 Å². The first-order valence-electron chi connectivity index (χ1n) is 13.3. The van der Waals surface area contributed by atoms with Gasteiger partial charge >= 0.3 is 0 Å². The molecule has 0 aromatic heterocycles. The summed E-state index contributed by atoms with van der Waals surface area (Å²) in [5.41, 5.74) is 6.32. The molecular formula is C33H31Cl2N3O4. The van der Waals surface area contributed by atoms with Crippen molar-refractivity contribution in [2.24, 2.45) is 5.10 Å². The molecule has 4 aromatic rings. The summed E-state index contributed by atoms with van der Waals surface area (Å²) in [6, 6.07) is 28.7. The number of carbonyl (C=O) groups excluding carboxylic acids is 2. The van der Waals surface area contributed by atoms with E-state index in [4.69, 9.17) is 32.7 Å². The van der Waals surface area contributed by atoms with E-state index in [9.17, 15) is 9.59 Å². The van der Waals surface area contributed by atoms with Gasteiger partial charge in [-0.15, -0.1) is 0 Å². The van der Waals surface area contributed by atoms with Gasteiger partial charge in [0.05, 0.1) is 11.2 Å². The number of para-hydroxylation sites is 1. The Hall–Kier alpha value is -4.33. The molecule has 0 spiro atoms. The summed E-state index contributed by atoms with van der Waals surface area (Å²) in [6.07, 6.45) is 0.826. The van der Waals surface area contributed by atoms with Crippen LogP contribution < -0.4 is 20.2 Å². The highest BCUT2D eigenvalue weighted by atomic mass is 35.5. The molecule has 0 saturated carbocycles. The van der Waals surface area contributed by atoms with Crippen molar-refractivity contribution in [2.45, 2.75) is 39.0 Å². The molecular weight excluding hydrogens is 573 g/mol. The predicted octanol–water partition coefficient (Wildman–Crippen LogP) is 6.53. The zero-order chi connectivity index (χ0) is 29.9. The number of hydrogen-bond acceptors (Lipinski definition) is 5. The Morgan fingerprint density at radius 1 is 0.857 bits per heavy atom. The third kappa shape index (κ3) is 9.09. The van der Waals surface area contributed by atoms with Crippen LogP contribution >= 0.6 is 23.2 Å². The maximum Gasteiger partial charge on any atom is 0.262 e. The van der Waals surface area contributed by atoms with Crippen molar-refractivity contribution in [3.63, 3.8) is 0 Å². The van der Waals surface area contributed by atoms with Gasteiger partial charge in [0.2, 0.25) is 0 Å². The lowest BCUT2D eigenvalue weighted by Crippen LogP contribution is -2.50. The number of ether oxygens (including phenoxy) is 2. The topological polar surface area (TPSA) is 89.0 Å². The summed E-state index contributed by atoms with van der Waals surface area (Å²) in [4.78, 5) is 26.3. The lowest BCUT2D eigenvalue weighted by Gasteiger charge is -2.21. The first kappa shape index (κ1) is 30.6. The average molecular weight is 605 g/mol. The van der Waals surface area contributed by atoms with E-state index >= 15 is 0 Å². The summed E-state index contributed by atoms with van der Waals surface area (Å²) in [6.45, 7) is 4.00. The van der Waals surface area contributed by atoms with Crippen LogP contribution in [-0.2, 0) is 22.6 Å². The molecule has 42 heavy (non-hydrogen) atoms. The Bertz CT molecular complexity index is 1530. The Labute approximate surface area is 255 Å². The van der Waals surface area contributed by atoms with Crippen LogP contribution in [0.4, 0.5) is 0 Å². The largest absolute Gasteiger partial charge is 0.488 e. The summed E-state index contributed by atoms with van der Waals surface area (Å²) >= 11 is 12.1. The van der Waals surface area contributed by atoms with E-state index in [-0.39, 0.29) is 11.4 Å². The molecule has 9 heteroatoms. The van der Waals surface area contributed by atoms with Crippen LogP contribution in [0.25, 0.3) is 0 Å². The van der Waals surface area contributed by atoms with Crippen molar-refractivity contribution < 1.29 is 19.1 Å². The average Bonchev–Trinajstić information content (AvgIpc) is 2.99. The number of carbonyl (C=O) groups is 2. The molecule has 0 heterocycles. The SMILES string of the molecule is Cc1ccc(COc2ccccc2/C=N\NC(=O)[C@H](Cc2ccccc2)NC(=O)[C@@H](C)Oc2ccc(Cl)cc2Cl)cc1. The molecule has 0 bridgehead atoms. The molecule has 0 radical (unpaired) electrons. The van der Waals surface area contributed by atoms with Gasteiger partial charge in [-0.25, -0.2) is 5.43 Å². The van der Waals surface area contributed by atoms with Crippen LogP contribution in [-0.4, -0.2) is 30.2 Å². The highest BCUT2D eigenvalue weighted by molar-refractivity contribution is 6.35. The number of benzene rings is 4. The maximum absolute atomic E-state index is 13.2. The van der Waals surface area contributed by atoms with Crippen LogP contribution in [0.15, 0.2) is 102 Å². The normalized spacial score (nSPS) is 12.4. The summed E-state index contributed by atoms with van der Waals surface area (Å²) < 4.78 is 11.7. The van der Waals surface area contributed by atoms with E-state index in [1.807, 2.05) is 85.8 Å². The number of nitrogens with one attached hydrogen (secondary N) is 2. The molecule has 7 nitrogen and oxygen atoms in total. The molecule has 0 unspecified atom stereocenters. The monoisotopic (exact) mass is 603 g/mol. The molecule has 0 aliphatic heterocycles. The van der Waals surface area contributed by atoms with E-state index in [0.29, 0.717) is 28.7 Å². The van der Waals surface area contributed by atoms with Crippen molar-refractivity contribution in [2.75, 3.05) is 0 Å². The number of hydrogen-bond donors (Lipinski definition) is 2. The minimum Gasteiger partial charge on any atom is -0.488 e. The number of rotatable bonds is 12. The zero-order valence-electron chi connectivity index (χ0n) is 23.2. The third-order valence-corrected chi connectivity index (χ3v) is 6.83. The first-order chi connectivity index (χ1) is 20.3. The summed E-state index contributed by atoms with van der Waals surface area (Å²) in [5, 5.41) is 7.65. The Balaban J connectivity index is 1.41. The first-order valence-corrected chi connectivity index (χ1v) is 14.1. The van der Waals surface area contributed by atoms with Gasteiger partial charge in [-0.2, -0.15) is 5.10 Å². The molecule has 2 N–H and O–H groups in total. The fourth-order valence-corrected chi connectivity index (χ4v) is 4.42. The molecule has 2 amide bonds. The van der Waals surface area contributed by atoms with Gasteiger partial charge in [0.25, 0.3) is 11.8 Å². The predicted molar refractivity (Wildman–Crippen MR) is 166 cm³/mol. The zero-order valence-corrected chi connectivity index (χ0v) is 24.7. The van der Waals surface area contributed by atoms with Crippen molar-refractivity contribution in [1.29, 1.82) is 0 Å². The second kappa shape index (κ2) is 15.1. The van der Waals surface area contributed by atoms with Crippen LogP contribution in [0.5, 0.6) is 11.5 Å². The van der Waals surface area contributed by atoms with Gasteiger partial charge in [0.15, 0.2) is 6.10 Å². The Morgan fingerprint density at radius 2 is 1.57 bits per heavy atom. The molecule has 0 fully saturated rings. The van der Waals surface area contributed by atoms with E-state index in [0.717, 1.165) is 11.1 Å². The van der Waals surface area contributed by atoms with Crippen molar-refractivity contribution in [3.8, 4) is 11.5 Å². The molecule has 216 valence electrons. The minimum atomic E-state index is -0.934. The van der Waals surface area contributed by atoms with E-state index in [1.165, 1.54) is 17.8 Å². The second-order valence-electron chi connectivity index (χ2n) is 9.63. The highest BCUT2D eigenvalue weighted by Crippen LogP contribution is 2.28. The van der Waals surface area contributed by atoms with Crippen molar-refractivity contribution in [1.82, 2.24) is 10.7 Å². The van der Waals surface area contributed by atoms with E-state index in [2.05, 4.69) is 15.8 Å². The van der Waals surface area contributed by atoms with Gasteiger partial charge in [-0.1, -0.05) is 95.5 Å². The number of hydrazone groups is 1. The molecule has 0 aliphatic carbocycles. The van der Waals surface area contributed by atoms with Crippen LogP contribution in [0, 0.1) is 6.92 Å².